The van der Waals surface area contributed by atoms with Crippen LogP contribution in [-0.2, 0) is 0 Å². The maximum atomic E-state index is 7.52. The molecule has 18 heavy (non-hydrogen) atoms. The summed E-state index contributed by atoms with van der Waals surface area (Å²) in [7, 11) is 0. The van der Waals surface area contributed by atoms with Gasteiger partial charge in [-0.05, 0) is 34.4 Å². The molecule has 0 aliphatic heterocycles. The normalized spacial score (nSPS) is 16.2. The maximum Gasteiger partial charge on any atom is 0.151 e. The average molecular weight is 319 g/mol. The van der Waals surface area contributed by atoms with Gasteiger partial charge in [-0.3, -0.25) is 5.41 Å². The molecule has 0 radical (unpaired) electrons. The van der Waals surface area contributed by atoms with E-state index in [9.17, 15) is 0 Å². The van der Waals surface area contributed by atoms with Crippen molar-refractivity contribution in [2.45, 2.75) is 5.25 Å². The first-order valence-electron chi connectivity index (χ1n) is 5.56. The molecule has 0 spiro atoms. The van der Waals surface area contributed by atoms with E-state index in [4.69, 9.17) is 11.1 Å². The van der Waals surface area contributed by atoms with Crippen LogP contribution in [-0.4, -0.2) is 5.17 Å². The lowest BCUT2D eigenvalue weighted by molar-refractivity contribution is 1.22. The number of hydrogen-bond donors (Lipinski definition) is 2. The summed E-state index contributed by atoms with van der Waals surface area (Å²) in [5.74, 6) is 0. The second kappa shape index (κ2) is 4.44. The zero-order valence-corrected chi connectivity index (χ0v) is 11.9. The number of nitrogens with two attached hydrogens (primary N) is 1. The molecule has 1 aliphatic rings. The summed E-state index contributed by atoms with van der Waals surface area (Å²) in [6.45, 7) is 0. The fraction of sp³-hybridized carbons (Fsp3) is 0.0714. The molecule has 4 heteroatoms. The standard InChI is InChI=1S/C14H11BrN2S/c15-8-5-6-10-9-3-1-2-4-11(9)13(12(10)7-8)18-14(16)17/h1-7,13H,(H3,16,17). The summed E-state index contributed by atoms with van der Waals surface area (Å²) in [6.07, 6.45) is 0. The Labute approximate surface area is 118 Å². The van der Waals surface area contributed by atoms with Crippen LogP contribution >= 0.6 is 27.7 Å². The molecular formula is C14H11BrN2S. The highest BCUT2D eigenvalue weighted by Crippen LogP contribution is 2.50. The summed E-state index contributed by atoms with van der Waals surface area (Å²) >= 11 is 4.91. The molecule has 90 valence electrons. The van der Waals surface area contributed by atoms with Crippen LogP contribution in [0.3, 0.4) is 0 Å². The molecule has 0 saturated heterocycles. The van der Waals surface area contributed by atoms with E-state index in [1.165, 1.54) is 34.0 Å². The molecule has 3 N–H and O–H groups in total. The van der Waals surface area contributed by atoms with Crippen LogP contribution in [0, 0.1) is 5.41 Å². The third-order valence-corrected chi connectivity index (χ3v) is 4.57. The van der Waals surface area contributed by atoms with Gasteiger partial charge in [0.15, 0.2) is 5.17 Å². The first kappa shape index (κ1) is 11.8. The van der Waals surface area contributed by atoms with Crippen LogP contribution < -0.4 is 5.73 Å². The zero-order valence-electron chi connectivity index (χ0n) is 9.48. The average Bonchev–Trinajstić information content (AvgIpc) is 2.63. The van der Waals surface area contributed by atoms with Crippen molar-refractivity contribution in [3.8, 4) is 11.1 Å². The van der Waals surface area contributed by atoms with Crippen LogP contribution in [0.4, 0.5) is 0 Å². The number of rotatable bonds is 1. The van der Waals surface area contributed by atoms with Gasteiger partial charge < -0.3 is 5.73 Å². The molecular weight excluding hydrogens is 308 g/mol. The Hall–Kier alpha value is -1.26. The first-order valence-corrected chi connectivity index (χ1v) is 7.23. The van der Waals surface area contributed by atoms with E-state index in [2.05, 4.69) is 46.3 Å². The molecule has 2 aromatic rings. The van der Waals surface area contributed by atoms with Crippen molar-refractivity contribution in [3.63, 3.8) is 0 Å². The quantitative estimate of drug-likeness (QED) is 0.613. The molecule has 1 aliphatic carbocycles. The van der Waals surface area contributed by atoms with Crippen molar-refractivity contribution in [3.05, 3.63) is 58.1 Å². The Balaban J connectivity index is 2.21. The molecule has 0 heterocycles. The van der Waals surface area contributed by atoms with E-state index in [1.807, 2.05) is 12.1 Å². The number of halogens is 1. The van der Waals surface area contributed by atoms with Gasteiger partial charge in [-0.2, -0.15) is 0 Å². The largest absolute Gasteiger partial charge is 0.379 e. The van der Waals surface area contributed by atoms with Crippen molar-refractivity contribution < 1.29 is 0 Å². The SMILES string of the molecule is N=C(N)SC1c2ccccc2-c2ccc(Br)cc21. The highest BCUT2D eigenvalue weighted by molar-refractivity contribution is 9.10. The van der Waals surface area contributed by atoms with Gasteiger partial charge in [0.25, 0.3) is 0 Å². The second-order valence-electron chi connectivity index (χ2n) is 4.18. The van der Waals surface area contributed by atoms with Crippen LogP contribution in [0.25, 0.3) is 11.1 Å². The third-order valence-electron chi connectivity index (χ3n) is 3.07. The predicted molar refractivity (Wildman–Crippen MR) is 80.9 cm³/mol. The van der Waals surface area contributed by atoms with E-state index < -0.39 is 0 Å². The maximum absolute atomic E-state index is 7.52. The van der Waals surface area contributed by atoms with Crippen molar-refractivity contribution in [1.82, 2.24) is 0 Å². The van der Waals surface area contributed by atoms with Crippen molar-refractivity contribution in [1.29, 1.82) is 5.41 Å². The Bertz CT molecular complexity index is 639. The molecule has 0 saturated carbocycles. The Morgan fingerprint density at radius 2 is 1.83 bits per heavy atom. The van der Waals surface area contributed by atoms with E-state index >= 15 is 0 Å². The first-order chi connectivity index (χ1) is 8.66. The number of benzene rings is 2. The lowest BCUT2D eigenvalue weighted by atomic mass is 10.1. The lowest BCUT2D eigenvalue weighted by Crippen LogP contribution is -2.07. The summed E-state index contributed by atoms with van der Waals surface area (Å²) in [5.41, 5.74) is 10.5. The summed E-state index contributed by atoms with van der Waals surface area (Å²) in [5, 5.41) is 7.81. The molecule has 0 fully saturated rings. The van der Waals surface area contributed by atoms with Gasteiger partial charge in [0.05, 0.1) is 5.25 Å². The van der Waals surface area contributed by atoms with Crippen LogP contribution in [0.15, 0.2) is 46.9 Å². The molecule has 1 atom stereocenters. The monoisotopic (exact) mass is 318 g/mol. The number of fused-ring (bicyclic) bond motifs is 3. The summed E-state index contributed by atoms with van der Waals surface area (Å²) in [4.78, 5) is 0. The predicted octanol–water partition coefficient (Wildman–Crippen LogP) is 4.15. The minimum Gasteiger partial charge on any atom is -0.379 e. The van der Waals surface area contributed by atoms with Gasteiger partial charge in [-0.1, -0.05) is 58.0 Å². The summed E-state index contributed by atoms with van der Waals surface area (Å²) < 4.78 is 1.06. The minimum absolute atomic E-state index is 0.131. The fourth-order valence-electron chi connectivity index (χ4n) is 2.39. The summed E-state index contributed by atoms with van der Waals surface area (Å²) in [6, 6.07) is 14.6. The van der Waals surface area contributed by atoms with E-state index in [-0.39, 0.29) is 10.4 Å². The van der Waals surface area contributed by atoms with Gasteiger partial charge in [0.1, 0.15) is 0 Å². The molecule has 2 aromatic carbocycles. The van der Waals surface area contributed by atoms with Gasteiger partial charge in [-0.25, -0.2) is 0 Å². The van der Waals surface area contributed by atoms with Crippen LogP contribution in [0.1, 0.15) is 16.4 Å². The Morgan fingerprint density at radius 3 is 2.61 bits per heavy atom. The third kappa shape index (κ3) is 1.85. The van der Waals surface area contributed by atoms with Crippen molar-refractivity contribution in [2.75, 3.05) is 0 Å². The highest BCUT2D eigenvalue weighted by atomic mass is 79.9. The number of amidine groups is 1. The van der Waals surface area contributed by atoms with E-state index in [0.717, 1.165) is 4.47 Å². The minimum atomic E-state index is 0.131. The Morgan fingerprint density at radius 1 is 1.11 bits per heavy atom. The highest BCUT2D eigenvalue weighted by Gasteiger charge is 2.29. The number of nitrogens with one attached hydrogen (secondary N) is 1. The topological polar surface area (TPSA) is 49.9 Å². The zero-order chi connectivity index (χ0) is 12.7. The second-order valence-corrected chi connectivity index (χ2v) is 6.24. The lowest BCUT2D eigenvalue weighted by Gasteiger charge is -2.11. The van der Waals surface area contributed by atoms with E-state index in [0.29, 0.717) is 0 Å². The van der Waals surface area contributed by atoms with Crippen LogP contribution in [0.2, 0.25) is 0 Å². The van der Waals surface area contributed by atoms with Crippen molar-refractivity contribution in [2.24, 2.45) is 5.73 Å². The van der Waals surface area contributed by atoms with Gasteiger partial charge in [0, 0.05) is 4.47 Å². The van der Waals surface area contributed by atoms with Gasteiger partial charge >= 0.3 is 0 Å². The smallest absolute Gasteiger partial charge is 0.151 e. The molecule has 1 unspecified atom stereocenters. The number of thioether (sulfide) groups is 1. The fourth-order valence-corrected chi connectivity index (χ4v) is 3.68. The Kier molecular flexibility index (Phi) is 2.92. The van der Waals surface area contributed by atoms with Gasteiger partial charge in [-0.15, -0.1) is 0 Å². The molecule has 2 nitrogen and oxygen atoms in total. The van der Waals surface area contributed by atoms with Crippen LogP contribution in [0.5, 0.6) is 0 Å². The van der Waals surface area contributed by atoms with E-state index in [1.54, 1.807) is 0 Å². The molecule has 0 bridgehead atoms. The molecule has 0 amide bonds. The molecule has 0 aromatic heterocycles. The van der Waals surface area contributed by atoms with Gasteiger partial charge in [0.2, 0.25) is 0 Å². The number of hydrogen-bond acceptors (Lipinski definition) is 2. The van der Waals surface area contributed by atoms with Crippen molar-refractivity contribution >= 4 is 32.9 Å². The molecule has 3 rings (SSSR count).